The fourth-order valence-corrected chi connectivity index (χ4v) is 3.56. The molecule has 118 valence electrons. The van der Waals surface area contributed by atoms with Gasteiger partial charge < -0.3 is 10.2 Å². The molecule has 1 fully saturated rings. The molecule has 2 nitrogen and oxygen atoms in total. The summed E-state index contributed by atoms with van der Waals surface area (Å²) in [5.74, 6) is 1.52. The van der Waals surface area contributed by atoms with E-state index in [1.807, 2.05) is 7.05 Å². The van der Waals surface area contributed by atoms with E-state index >= 15 is 0 Å². The molecule has 0 aromatic heterocycles. The van der Waals surface area contributed by atoms with Crippen LogP contribution in [-0.4, -0.2) is 32.1 Å². The van der Waals surface area contributed by atoms with Crippen LogP contribution in [0.4, 0.5) is 0 Å². The van der Waals surface area contributed by atoms with Crippen molar-refractivity contribution in [1.82, 2.24) is 10.2 Å². The van der Waals surface area contributed by atoms with Crippen LogP contribution in [0, 0.1) is 5.92 Å². The largest absolute Gasteiger partial charge is 0.319 e. The first-order chi connectivity index (χ1) is 10.2. The minimum atomic E-state index is 0.587. The maximum absolute atomic E-state index is 3.25. The Balaban J connectivity index is 1.81. The molecule has 2 heteroatoms. The van der Waals surface area contributed by atoms with E-state index in [1.165, 1.54) is 49.8 Å². The van der Waals surface area contributed by atoms with Crippen LogP contribution in [-0.2, 0) is 6.54 Å². The molecule has 1 unspecified atom stereocenters. The van der Waals surface area contributed by atoms with Gasteiger partial charge in [-0.25, -0.2) is 0 Å². The molecule has 2 rings (SSSR count). The third kappa shape index (κ3) is 5.44. The van der Waals surface area contributed by atoms with Crippen molar-refractivity contribution in [1.29, 1.82) is 0 Å². The SMILES string of the molecule is CNCC(C)c1ccc(CN(C)CC2CCCCC2)cc1. The molecular formula is C19H32N2. The summed E-state index contributed by atoms with van der Waals surface area (Å²) in [7, 11) is 4.29. The Bertz CT molecular complexity index is 393. The number of nitrogens with one attached hydrogen (secondary N) is 1. The topological polar surface area (TPSA) is 15.3 Å². The molecule has 0 spiro atoms. The van der Waals surface area contributed by atoms with Crippen LogP contribution in [0.2, 0.25) is 0 Å². The van der Waals surface area contributed by atoms with E-state index < -0.39 is 0 Å². The number of likely N-dealkylation sites (N-methyl/N-ethyl adjacent to an activating group) is 1. The number of hydrogen-bond donors (Lipinski definition) is 1. The van der Waals surface area contributed by atoms with Crippen molar-refractivity contribution < 1.29 is 0 Å². The molecule has 1 atom stereocenters. The molecule has 0 bridgehead atoms. The summed E-state index contributed by atoms with van der Waals surface area (Å²) >= 11 is 0. The van der Waals surface area contributed by atoms with Crippen molar-refractivity contribution in [2.24, 2.45) is 5.92 Å². The van der Waals surface area contributed by atoms with Gasteiger partial charge in [-0.3, -0.25) is 0 Å². The van der Waals surface area contributed by atoms with Crippen molar-refractivity contribution >= 4 is 0 Å². The lowest BCUT2D eigenvalue weighted by molar-refractivity contribution is 0.228. The van der Waals surface area contributed by atoms with Crippen LogP contribution >= 0.6 is 0 Å². The zero-order chi connectivity index (χ0) is 15.1. The van der Waals surface area contributed by atoms with E-state index in [0.717, 1.165) is 19.0 Å². The lowest BCUT2D eigenvalue weighted by Crippen LogP contribution is -2.26. The Hall–Kier alpha value is -0.860. The smallest absolute Gasteiger partial charge is 0.0230 e. The minimum Gasteiger partial charge on any atom is -0.319 e. The van der Waals surface area contributed by atoms with Crippen LogP contribution in [0.3, 0.4) is 0 Å². The molecule has 1 N–H and O–H groups in total. The Labute approximate surface area is 130 Å². The fourth-order valence-electron chi connectivity index (χ4n) is 3.56. The first-order valence-electron chi connectivity index (χ1n) is 8.61. The maximum atomic E-state index is 3.25. The van der Waals surface area contributed by atoms with Gasteiger partial charge in [-0.2, -0.15) is 0 Å². The number of rotatable bonds is 7. The van der Waals surface area contributed by atoms with Gasteiger partial charge in [0, 0.05) is 19.6 Å². The molecule has 1 aromatic rings. The van der Waals surface area contributed by atoms with Gasteiger partial charge in [-0.15, -0.1) is 0 Å². The molecule has 21 heavy (non-hydrogen) atoms. The second-order valence-electron chi connectivity index (χ2n) is 6.90. The summed E-state index contributed by atoms with van der Waals surface area (Å²) < 4.78 is 0. The quantitative estimate of drug-likeness (QED) is 0.815. The molecular weight excluding hydrogens is 256 g/mol. The minimum absolute atomic E-state index is 0.587. The highest BCUT2D eigenvalue weighted by Crippen LogP contribution is 2.24. The van der Waals surface area contributed by atoms with E-state index in [9.17, 15) is 0 Å². The van der Waals surface area contributed by atoms with Gasteiger partial charge >= 0.3 is 0 Å². The lowest BCUT2D eigenvalue weighted by atomic mass is 9.89. The Morgan fingerprint density at radius 1 is 1.14 bits per heavy atom. The number of nitrogens with zero attached hydrogens (tertiary/aromatic N) is 1. The van der Waals surface area contributed by atoms with Crippen molar-refractivity contribution in [3.63, 3.8) is 0 Å². The average molecular weight is 288 g/mol. The molecule has 0 amide bonds. The highest BCUT2D eigenvalue weighted by atomic mass is 15.1. The van der Waals surface area contributed by atoms with Crippen LogP contribution < -0.4 is 5.32 Å². The molecule has 1 aromatic carbocycles. The van der Waals surface area contributed by atoms with Gasteiger partial charge in [-0.05, 0) is 49.9 Å². The number of benzene rings is 1. The molecule has 0 saturated heterocycles. The van der Waals surface area contributed by atoms with Gasteiger partial charge in [0.15, 0.2) is 0 Å². The lowest BCUT2D eigenvalue weighted by Gasteiger charge is -2.27. The number of hydrogen-bond acceptors (Lipinski definition) is 2. The Morgan fingerprint density at radius 2 is 1.81 bits per heavy atom. The predicted octanol–water partition coefficient (Wildman–Crippen LogP) is 4.02. The van der Waals surface area contributed by atoms with E-state index in [1.54, 1.807) is 0 Å². The zero-order valence-corrected chi connectivity index (χ0v) is 14.1. The monoisotopic (exact) mass is 288 g/mol. The molecule has 1 aliphatic rings. The van der Waals surface area contributed by atoms with Crippen LogP contribution in [0.25, 0.3) is 0 Å². The van der Waals surface area contributed by atoms with Gasteiger partial charge in [0.05, 0.1) is 0 Å². The molecule has 1 saturated carbocycles. The third-order valence-corrected chi connectivity index (χ3v) is 4.81. The van der Waals surface area contributed by atoms with Gasteiger partial charge in [-0.1, -0.05) is 50.5 Å². The van der Waals surface area contributed by atoms with Crippen LogP contribution in [0.1, 0.15) is 56.1 Å². The highest BCUT2D eigenvalue weighted by molar-refractivity contribution is 5.25. The van der Waals surface area contributed by atoms with E-state index in [-0.39, 0.29) is 0 Å². The third-order valence-electron chi connectivity index (χ3n) is 4.81. The molecule has 0 aliphatic heterocycles. The normalized spacial score (nSPS) is 18.1. The van der Waals surface area contributed by atoms with E-state index in [0.29, 0.717) is 5.92 Å². The maximum Gasteiger partial charge on any atom is 0.0230 e. The highest BCUT2D eigenvalue weighted by Gasteiger charge is 2.15. The molecule has 1 aliphatic carbocycles. The van der Waals surface area contributed by atoms with Crippen LogP contribution in [0.5, 0.6) is 0 Å². The van der Waals surface area contributed by atoms with E-state index in [2.05, 4.69) is 48.5 Å². The van der Waals surface area contributed by atoms with Gasteiger partial charge in [0.25, 0.3) is 0 Å². The summed E-state index contributed by atoms with van der Waals surface area (Å²) in [6, 6.07) is 9.20. The second-order valence-corrected chi connectivity index (χ2v) is 6.90. The van der Waals surface area contributed by atoms with Crippen LogP contribution in [0.15, 0.2) is 24.3 Å². The second kappa shape index (κ2) is 8.55. The van der Waals surface area contributed by atoms with E-state index in [4.69, 9.17) is 0 Å². The Kier molecular flexibility index (Phi) is 6.72. The Morgan fingerprint density at radius 3 is 2.43 bits per heavy atom. The summed E-state index contributed by atoms with van der Waals surface area (Å²) in [6.07, 6.45) is 7.20. The molecule has 0 heterocycles. The van der Waals surface area contributed by atoms with Crippen molar-refractivity contribution in [2.75, 3.05) is 27.2 Å². The molecule has 0 radical (unpaired) electrons. The summed E-state index contributed by atoms with van der Waals surface area (Å²) in [5.41, 5.74) is 2.87. The fraction of sp³-hybridized carbons (Fsp3) is 0.684. The van der Waals surface area contributed by atoms with Gasteiger partial charge in [0.1, 0.15) is 0 Å². The summed E-state index contributed by atoms with van der Waals surface area (Å²) in [4.78, 5) is 2.50. The standard InChI is InChI=1S/C19H32N2/c1-16(13-20-2)19-11-9-18(10-12-19)15-21(3)14-17-7-5-4-6-8-17/h9-12,16-17,20H,4-8,13-15H2,1-3H3. The summed E-state index contributed by atoms with van der Waals surface area (Å²) in [6.45, 7) is 5.66. The summed E-state index contributed by atoms with van der Waals surface area (Å²) in [5, 5.41) is 3.25. The van der Waals surface area contributed by atoms with Gasteiger partial charge in [0.2, 0.25) is 0 Å². The average Bonchev–Trinajstić information content (AvgIpc) is 2.49. The first kappa shape index (κ1) is 16.5. The van der Waals surface area contributed by atoms with Crippen molar-refractivity contribution in [3.05, 3.63) is 35.4 Å². The predicted molar refractivity (Wildman–Crippen MR) is 91.7 cm³/mol. The van der Waals surface area contributed by atoms with Crippen molar-refractivity contribution in [3.8, 4) is 0 Å². The van der Waals surface area contributed by atoms with Crippen molar-refractivity contribution in [2.45, 2.75) is 51.5 Å². The zero-order valence-electron chi connectivity index (χ0n) is 14.1. The first-order valence-corrected chi connectivity index (χ1v) is 8.61.